The molecule has 1 aromatic rings. The fraction of sp³-hybridized carbons (Fsp3) is 0.682. The van der Waals surface area contributed by atoms with Gasteiger partial charge in [-0.05, 0) is 42.9 Å². The minimum atomic E-state index is 0. The number of halogens is 1. The Labute approximate surface area is 193 Å². The Balaban J connectivity index is 0.00000420. The number of nitrogens with one attached hydrogen (secondary N) is 2. The molecule has 0 amide bonds. The van der Waals surface area contributed by atoms with Crippen LogP contribution < -0.4 is 15.4 Å². The highest BCUT2D eigenvalue weighted by atomic mass is 127. The second kappa shape index (κ2) is 14.8. The molecule has 6 nitrogen and oxygen atoms in total. The summed E-state index contributed by atoms with van der Waals surface area (Å²) >= 11 is 0. The smallest absolute Gasteiger partial charge is 0.191 e. The van der Waals surface area contributed by atoms with Crippen LogP contribution in [0.5, 0.6) is 5.75 Å². The van der Waals surface area contributed by atoms with Gasteiger partial charge >= 0.3 is 0 Å². The van der Waals surface area contributed by atoms with Gasteiger partial charge in [-0.15, -0.1) is 24.0 Å². The number of hydrogen-bond donors (Lipinski definition) is 2. The van der Waals surface area contributed by atoms with Crippen molar-refractivity contribution in [3.8, 4) is 5.75 Å². The molecule has 2 rings (SSSR count). The van der Waals surface area contributed by atoms with Gasteiger partial charge in [0.2, 0.25) is 0 Å². The van der Waals surface area contributed by atoms with Crippen LogP contribution in [0.2, 0.25) is 0 Å². The van der Waals surface area contributed by atoms with Crippen molar-refractivity contribution in [3.63, 3.8) is 0 Å². The SMILES string of the molecule is CCNC(=NCC(C)CN1CCOCC1)NCCC(C)c1ccc(OC)cc1.I. The van der Waals surface area contributed by atoms with E-state index in [0.29, 0.717) is 11.8 Å². The number of hydrogen-bond acceptors (Lipinski definition) is 4. The van der Waals surface area contributed by atoms with Crippen LogP contribution in [0.1, 0.15) is 38.7 Å². The lowest BCUT2D eigenvalue weighted by Crippen LogP contribution is -2.40. The minimum Gasteiger partial charge on any atom is -0.497 e. The third kappa shape index (κ3) is 10.00. The van der Waals surface area contributed by atoms with Crippen LogP contribution in [0.15, 0.2) is 29.3 Å². The summed E-state index contributed by atoms with van der Waals surface area (Å²) in [5, 5.41) is 6.84. The largest absolute Gasteiger partial charge is 0.497 e. The molecule has 0 aromatic heterocycles. The Morgan fingerprint density at radius 2 is 1.86 bits per heavy atom. The monoisotopic (exact) mass is 518 g/mol. The molecule has 29 heavy (non-hydrogen) atoms. The van der Waals surface area contributed by atoms with Gasteiger partial charge in [0.1, 0.15) is 5.75 Å². The molecular weight excluding hydrogens is 479 g/mol. The average molecular weight is 518 g/mol. The van der Waals surface area contributed by atoms with Gasteiger partial charge in [0.05, 0.1) is 20.3 Å². The van der Waals surface area contributed by atoms with Crippen molar-refractivity contribution in [2.45, 2.75) is 33.1 Å². The summed E-state index contributed by atoms with van der Waals surface area (Å²) < 4.78 is 10.7. The van der Waals surface area contributed by atoms with Gasteiger partial charge in [-0.3, -0.25) is 9.89 Å². The van der Waals surface area contributed by atoms with Gasteiger partial charge in [0.25, 0.3) is 0 Å². The number of morpholine rings is 1. The third-order valence-electron chi connectivity index (χ3n) is 5.13. The Hall–Kier alpha value is -1.06. The van der Waals surface area contributed by atoms with Crippen molar-refractivity contribution >= 4 is 29.9 Å². The maximum atomic E-state index is 5.42. The number of benzene rings is 1. The summed E-state index contributed by atoms with van der Waals surface area (Å²) in [6.07, 6.45) is 1.06. The predicted octanol–water partition coefficient (Wildman–Crippen LogP) is 3.33. The predicted molar refractivity (Wildman–Crippen MR) is 132 cm³/mol. The summed E-state index contributed by atoms with van der Waals surface area (Å²) in [6.45, 7) is 14.1. The molecule has 1 saturated heterocycles. The number of ether oxygens (including phenoxy) is 2. The fourth-order valence-electron chi connectivity index (χ4n) is 3.38. The van der Waals surface area contributed by atoms with E-state index < -0.39 is 0 Å². The topological polar surface area (TPSA) is 58.1 Å². The lowest BCUT2D eigenvalue weighted by molar-refractivity contribution is 0.0323. The van der Waals surface area contributed by atoms with E-state index in [0.717, 1.165) is 70.6 Å². The fourth-order valence-corrected chi connectivity index (χ4v) is 3.38. The Morgan fingerprint density at radius 1 is 1.17 bits per heavy atom. The van der Waals surface area contributed by atoms with E-state index in [2.05, 4.69) is 48.4 Å². The first-order chi connectivity index (χ1) is 13.6. The number of nitrogens with zero attached hydrogens (tertiary/aromatic N) is 2. The zero-order valence-corrected chi connectivity index (χ0v) is 20.8. The van der Waals surface area contributed by atoms with Crippen molar-refractivity contribution in [1.29, 1.82) is 0 Å². The molecule has 2 unspecified atom stereocenters. The van der Waals surface area contributed by atoms with Crippen LogP contribution >= 0.6 is 24.0 Å². The molecule has 1 heterocycles. The summed E-state index contributed by atoms with van der Waals surface area (Å²) in [6, 6.07) is 8.35. The number of aliphatic imine (C=N–C) groups is 1. The first-order valence-electron chi connectivity index (χ1n) is 10.6. The molecule has 0 bridgehead atoms. The molecule has 2 atom stereocenters. The normalized spacial score (nSPS) is 17.2. The van der Waals surface area contributed by atoms with Gasteiger partial charge in [-0.25, -0.2) is 0 Å². The molecule has 1 aliphatic heterocycles. The molecule has 0 aliphatic carbocycles. The van der Waals surface area contributed by atoms with E-state index in [1.165, 1.54) is 5.56 Å². The molecular formula is C22H39IN4O2. The van der Waals surface area contributed by atoms with E-state index in [1.54, 1.807) is 7.11 Å². The molecule has 1 aliphatic rings. The Kier molecular flexibility index (Phi) is 13.3. The third-order valence-corrected chi connectivity index (χ3v) is 5.13. The first-order valence-corrected chi connectivity index (χ1v) is 10.6. The number of guanidine groups is 1. The summed E-state index contributed by atoms with van der Waals surface area (Å²) in [4.78, 5) is 7.26. The van der Waals surface area contributed by atoms with Crippen LogP contribution in [-0.2, 0) is 4.74 Å². The van der Waals surface area contributed by atoms with Crippen molar-refractivity contribution in [3.05, 3.63) is 29.8 Å². The molecule has 1 aromatic carbocycles. The molecule has 2 N–H and O–H groups in total. The number of methoxy groups -OCH3 is 1. The molecule has 0 saturated carbocycles. The molecule has 1 fully saturated rings. The quantitative estimate of drug-likeness (QED) is 0.283. The molecule has 0 radical (unpaired) electrons. The van der Waals surface area contributed by atoms with Gasteiger partial charge in [-0.2, -0.15) is 0 Å². The highest BCUT2D eigenvalue weighted by Crippen LogP contribution is 2.21. The highest BCUT2D eigenvalue weighted by Gasteiger charge is 2.13. The molecule has 0 spiro atoms. The van der Waals surface area contributed by atoms with Crippen molar-refractivity contribution < 1.29 is 9.47 Å². The summed E-state index contributed by atoms with van der Waals surface area (Å²) in [5.41, 5.74) is 1.34. The van der Waals surface area contributed by atoms with Crippen LogP contribution in [0.3, 0.4) is 0 Å². The van der Waals surface area contributed by atoms with Crippen LogP contribution in [-0.4, -0.2) is 70.5 Å². The maximum Gasteiger partial charge on any atom is 0.191 e. The zero-order valence-electron chi connectivity index (χ0n) is 18.4. The standard InChI is InChI=1S/C22H38N4O2.HI/c1-5-23-22(25-16-18(2)17-26-12-14-28-15-13-26)24-11-10-19(3)20-6-8-21(27-4)9-7-20;/h6-9,18-19H,5,10-17H2,1-4H3,(H2,23,24,25);1H. The second-order valence-electron chi connectivity index (χ2n) is 7.63. The first kappa shape index (κ1) is 26.0. The van der Waals surface area contributed by atoms with E-state index in [9.17, 15) is 0 Å². The van der Waals surface area contributed by atoms with Crippen LogP contribution in [0.4, 0.5) is 0 Å². The minimum absolute atomic E-state index is 0. The summed E-state index contributed by atoms with van der Waals surface area (Å²) in [5.74, 6) is 2.84. The van der Waals surface area contributed by atoms with E-state index in [-0.39, 0.29) is 24.0 Å². The second-order valence-corrected chi connectivity index (χ2v) is 7.63. The number of rotatable bonds is 10. The van der Waals surface area contributed by atoms with Crippen molar-refractivity contribution in [1.82, 2.24) is 15.5 Å². The van der Waals surface area contributed by atoms with Crippen molar-refractivity contribution in [2.75, 3.05) is 59.6 Å². The van der Waals surface area contributed by atoms with Crippen molar-refractivity contribution in [2.24, 2.45) is 10.9 Å². The Bertz CT molecular complexity index is 577. The van der Waals surface area contributed by atoms with Crippen LogP contribution in [0.25, 0.3) is 0 Å². The highest BCUT2D eigenvalue weighted by molar-refractivity contribution is 14.0. The van der Waals surface area contributed by atoms with E-state index >= 15 is 0 Å². The zero-order chi connectivity index (χ0) is 20.2. The van der Waals surface area contributed by atoms with Gasteiger partial charge in [0.15, 0.2) is 5.96 Å². The Morgan fingerprint density at radius 3 is 2.48 bits per heavy atom. The summed E-state index contributed by atoms with van der Waals surface area (Å²) in [7, 11) is 1.70. The average Bonchev–Trinajstić information content (AvgIpc) is 2.72. The van der Waals surface area contributed by atoms with E-state index in [4.69, 9.17) is 14.5 Å². The van der Waals surface area contributed by atoms with Gasteiger partial charge in [-0.1, -0.05) is 26.0 Å². The lowest BCUT2D eigenvalue weighted by Gasteiger charge is -2.28. The van der Waals surface area contributed by atoms with Gasteiger partial charge in [0, 0.05) is 39.3 Å². The lowest BCUT2D eigenvalue weighted by atomic mass is 9.98. The molecule has 7 heteroatoms. The van der Waals surface area contributed by atoms with Crippen LogP contribution in [0, 0.1) is 5.92 Å². The van der Waals surface area contributed by atoms with E-state index in [1.807, 2.05) is 12.1 Å². The van der Waals surface area contributed by atoms with Gasteiger partial charge < -0.3 is 20.1 Å². The maximum absolute atomic E-state index is 5.42. The molecule has 166 valence electrons.